The summed E-state index contributed by atoms with van der Waals surface area (Å²) in [6, 6.07) is 12.0. The minimum atomic E-state index is -0.247. The van der Waals surface area contributed by atoms with Gasteiger partial charge in [0.25, 0.3) is 0 Å². The highest BCUT2D eigenvalue weighted by atomic mass is 35.5. The Labute approximate surface area is 190 Å². The summed E-state index contributed by atoms with van der Waals surface area (Å²) in [5.74, 6) is -0.424. The summed E-state index contributed by atoms with van der Waals surface area (Å²) in [6.07, 6.45) is 0.162. The number of amides is 2. The molecule has 0 unspecified atom stereocenters. The highest BCUT2D eigenvalue weighted by Gasteiger charge is 2.17. The van der Waals surface area contributed by atoms with Gasteiger partial charge in [-0.2, -0.15) is 5.10 Å². The SMILES string of the molecule is COCC(=O)Nc1ccc(NC(=O)Cc2c(C)nn(-c3ccc(Cl)cc3Cl)c2C)cc1. The lowest BCUT2D eigenvalue weighted by Crippen LogP contribution is -2.17. The Morgan fingerprint density at radius 1 is 1.00 bits per heavy atom. The largest absolute Gasteiger partial charge is 0.375 e. The van der Waals surface area contributed by atoms with Gasteiger partial charge in [-0.25, -0.2) is 4.68 Å². The highest BCUT2D eigenvalue weighted by Crippen LogP contribution is 2.27. The maximum absolute atomic E-state index is 12.6. The van der Waals surface area contributed by atoms with E-state index in [9.17, 15) is 9.59 Å². The molecule has 3 aromatic rings. The molecule has 0 fully saturated rings. The Kier molecular flexibility index (Phi) is 7.33. The number of carbonyl (C=O) groups is 2. The molecule has 2 aromatic carbocycles. The van der Waals surface area contributed by atoms with E-state index in [-0.39, 0.29) is 24.8 Å². The van der Waals surface area contributed by atoms with Crippen molar-refractivity contribution in [2.45, 2.75) is 20.3 Å². The zero-order chi connectivity index (χ0) is 22.5. The van der Waals surface area contributed by atoms with E-state index in [1.165, 1.54) is 7.11 Å². The smallest absolute Gasteiger partial charge is 0.250 e. The second kappa shape index (κ2) is 9.96. The molecule has 0 aliphatic carbocycles. The number of hydrogen-bond acceptors (Lipinski definition) is 4. The number of carbonyl (C=O) groups excluding carboxylic acids is 2. The molecule has 0 aliphatic heterocycles. The summed E-state index contributed by atoms with van der Waals surface area (Å²) < 4.78 is 6.50. The van der Waals surface area contributed by atoms with Crippen molar-refractivity contribution in [1.29, 1.82) is 0 Å². The minimum Gasteiger partial charge on any atom is -0.375 e. The van der Waals surface area contributed by atoms with Crippen molar-refractivity contribution >= 4 is 46.4 Å². The first-order chi connectivity index (χ1) is 14.8. The van der Waals surface area contributed by atoms with Gasteiger partial charge in [0, 0.05) is 34.8 Å². The topological polar surface area (TPSA) is 85.2 Å². The molecule has 0 saturated heterocycles. The number of ether oxygens (including phenoxy) is 1. The van der Waals surface area contributed by atoms with E-state index in [0.717, 1.165) is 17.0 Å². The number of aryl methyl sites for hydroxylation is 1. The van der Waals surface area contributed by atoms with E-state index < -0.39 is 0 Å². The first-order valence-electron chi connectivity index (χ1n) is 9.47. The van der Waals surface area contributed by atoms with Crippen LogP contribution in [0.5, 0.6) is 0 Å². The van der Waals surface area contributed by atoms with Gasteiger partial charge in [0.15, 0.2) is 0 Å². The number of aromatic nitrogens is 2. The quantitative estimate of drug-likeness (QED) is 0.540. The first kappa shape index (κ1) is 22.8. The third-order valence-corrected chi connectivity index (χ3v) is 5.18. The fourth-order valence-electron chi connectivity index (χ4n) is 3.15. The summed E-state index contributed by atoms with van der Waals surface area (Å²) >= 11 is 12.3. The van der Waals surface area contributed by atoms with Crippen molar-refractivity contribution in [3.05, 3.63) is 69.5 Å². The van der Waals surface area contributed by atoms with Crippen molar-refractivity contribution in [1.82, 2.24) is 9.78 Å². The predicted molar refractivity (Wildman–Crippen MR) is 122 cm³/mol. The van der Waals surface area contributed by atoms with Crippen LogP contribution in [0.4, 0.5) is 11.4 Å². The summed E-state index contributed by atoms with van der Waals surface area (Å²) in [4.78, 5) is 24.2. The van der Waals surface area contributed by atoms with Gasteiger partial charge >= 0.3 is 0 Å². The fraction of sp³-hybridized carbons (Fsp3) is 0.227. The second-order valence-electron chi connectivity index (χ2n) is 6.94. The van der Waals surface area contributed by atoms with Crippen LogP contribution in [-0.4, -0.2) is 35.3 Å². The summed E-state index contributed by atoms with van der Waals surface area (Å²) in [5, 5.41) is 11.1. The van der Waals surface area contributed by atoms with Crippen molar-refractivity contribution in [3.63, 3.8) is 0 Å². The molecule has 0 bridgehead atoms. The normalized spacial score (nSPS) is 10.7. The maximum atomic E-state index is 12.6. The zero-order valence-corrected chi connectivity index (χ0v) is 18.8. The summed E-state index contributed by atoms with van der Waals surface area (Å²) in [5.41, 5.74) is 4.34. The lowest BCUT2D eigenvalue weighted by atomic mass is 10.1. The third kappa shape index (κ3) is 5.64. The Balaban J connectivity index is 1.70. The van der Waals surface area contributed by atoms with E-state index in [2.05, 4.69) is 15.7 Å². The van der Waals surface area contributed by atoms with Crippen LogP contribution < -0.4 is 10.6 Å². The van der Waals surface area contributed by atoms with Gasteiger partial charge in [-0.05, 0) is 56.3 Å². The number of anilines is 2. The highest BCUT2D eigenvalue weighted by molar-refractivity contribution is 6.35. The summed E-state index contributed by atoms with van der Waals surface area (Å²) in [7, 11) is 1.45. The van der Waals surface area contributed by atoms with Gasteiger partial charge in [0.05, 0.1) is 22.8 Å². The van der Waals surface area contributed by atoms with Crippen LogP contribution >= 0.6 is 23.2 Å². The van der Waals surface area contributed by atoms with E-state index in [1.807, 2.05) is 13.8 Å². The van der Waals surface area contributed by atoms with Crippen molar-refractivity contribution < 1.29 is 14.3 Å². The maximum Gasteiger partial charge on any atom is 0.250 e. The van der Waals surface area contributed by atoms with Gasteiger partial charge in [-0.3, -0.25) is 9.59 Å². The van der Waals surface area contributed by atoms with Crippen LogP contribution in [0.3, 0.4) is 0 Å². The van der Waals surface area contributed by atoms with Gasteiger partial charge in [-0.15, -0.1) is 0 Å². The van der Waals surface area contributed by atoms with Crippen LogP contribution in [0.15, 0.2) is 42.5 Å². The van der Waals surface area contributed by atoms with Gasteiger partial charge < -0.3 is 15.4 Å². The van der Waals surface area contributed by atoms with Crippen LogP contribution in [-0.2, 0) is 20.7 Å². The predicted octanol–water partition coefficient (Wildman–Crippen LogP) is 4.56. The lowest BCUT2D eigenvalue weighted by Gasteiger charge is -2.09. The molecular formula is C22H22Cl2N4O3. The Bertz CT molecular complexity index is 1110. The van der Waals surface area contributed by atoms with Crippen LogP contribution in [0.2, 0.25) is 10.0 Å². The molecule has 1 aromatic heterocycles. The van der Waals surface area contributed by atoms with E-state index >= 15 is 0 Å². The molecular weight excluding hydrogens is 439 g/mol. The molecule has 0 spiro atoms. The van der Waals surface area contributed by atoms with Crippen LogP contribution in [0, 0.1) is 13.8 Å². The molecule has 0 atom stereocenters. The van der Waals surface area contributed by atoms with Crippen molar-refractivity contribution in [2.75, 3.05) is 24.4 Å². The first-order valence-corrected chi connectivity index (χ1v) is 10.2. The average Bonchev–Trinajstić information content (AvgIpc) is 2.98. The Morgan fingerprint density at radius 2 is 1.61 bits per heavy atom. The monoisotopic (exact) mass is 460 g/mol. The van der Waals surface area contributed by atoms with Crippen LogP contribution in [0.1, 0.15) is 17.0 Å². The number of methoxy groups -OCH3 is 1. The number of halogens is 2. The average molecular weight is 461 g/mol. The molecule has 9 heteroatoms. The molecule has 0 saturated carbocycles. The van der Waals surface area contributed by atoms with E-state index in [0.29, 0.717) is 27.1 Å². The van der Waals surface area contributed by atoms with Crippen molar-refractivity contribution in [2.24, 2.45) is 0 Å². The van der Waals surface area contributed by atoms with Gasteiger partial charge in [0.1, 0.15) is 6.61 Å². The molecule has 1 heterocycles. The minimum absolute atomic E-state index is 0.0217. The summed E-state index contributed by atoms with van der Waals surface area (Å²) in [6.45, 7) is 3.73. The number of nitrogens with one attached hydrogen (secondary N) is 2. The lowest BCUT2D eigenvalue weighted by molar-refractivity contribution is -0.119. The molecule has 3 rings (SSSR count). The molecule has 2 N–H and O–H groups in total. The molecule has 162 valence electrons. The number of hydrogen-bond donors (Lipinski definition) is 2. The molecule has 0 radical (unpaired) electrons. The number of rotatable bonds is 7. The van der Waals surface area contributed by atoms with Crippen LogP contribution in [0.25, 0.3) is 5.69 Å². The van der Waals surface area contributed by atoms with Crippen molar-refractivity contribution in [3.8, 4) is 5.69 Å². The number of nitrogens with zero attached hydrogens (tertiary/aromatic N) is 2. The Hall–Kier alpha value is -2.87. The third-order valence-electron chi connectivity index (χ3n) is 4.64. The Morgan fingerprint density at radius 3 is 2.19 bits per heavy atom. The zero-order valence-electron chi connectivity index (χ0n) is 17.3. The standard InChI is InChI=1S/C22H22Cl2N4O3/c1-13-18(14(2)28(27-13)20-9-4-15(23)10-19(20)24)11-21(29)25-16-5-7-17(8-6-16)26-22(30)12-31-3/h4-10H,11-12H2,1-3H3,(H,25,29)(H,26,30). The molecule has 31 heavy (non-hydrogen) atoms. The van der Waals surface area contributed by atoms with Gasteiger partial charge in [0.2, 0.25) is 11.8 Å². The molecule has 2 amide bonds. The second-order valence-corrected chi connectivity index (χ2v) is 7.78. The van der Waals surface area contributed by atoms with E-state index in [4.69, 9.17) is 27.9 Å². The fourth-order valence-corrected chi connectivity index (χ4v) is 3.64. The molecule has 0 aliphatic rings. The number of benzene rings is 2. The van der Waals surface area contributed by atoms with Gasteiger partial charge in [-0.1, -0.05) is 23.2 Å². The molecule has 7 nitrogen and oxygen atoms in total. The van der Waals surface area contributed by atoms with E-state index in [1.54, 1.807) is 47.1 Å².